The van der Waals surface area contributed by atoms with E-state index in [4.69, 9.17) is 16.3 Å². The molecular formula is C27H27BrClN3O2. The summed E-state index contributed by atoms with van der Waals surface area (Å²) in [4.78, 5) is 15.0. The van der Waals surface area contributed by atoms with Gasteiger partial charge in [0.05, 0.1) is 6.21 Å². The van der Waals surface area contributed by atoms with Gasteiger partial charge in [0.25, 0.3) is 0 Å². The molecule has 0 spiro atoms. The molecule has 0 atom stereocenters. The van der Waals surface area contributed by atoms with Crippen molar-refractivity contribution in [3.05, 3.63) is 99.0 Å². The van der Waals surface area contributed by atoms with E-state index in [1.54, 1.807) is 6.21 Å². The van der Waals surface area contributed by atoms with E-state index in [0.29, 0.717) is 6.61 Å². The molecular weight excluding hydrogens is 514 g/mol. The molecule has 3 aromatic carbocycles. The van der Waals surface area contributed by atoms with E-state index in [2.05, 4.69) is 43.5 Å². The molecule has 1 amide bonds. The molecule has 5 nitrogen and oxygen atoms in total. The number of ether oxygens (including phenoxy) is 1. The number of nitrogens with one attached hydrogen (secondary N) is 1. The number of hydrogen-bond acceptors (Lipinski definition) is 4. The second-order valence-electron chi connectivity index (χ2n) is 8.36. The van der Waals surface area contributed by atoms with Crippen LogP contribution in [0.3, 0.4) is 0 Å². The molecule has 0 radical (unpaired) electrons. The Bertz CT molecular complexity index is 1110. The topological polar surface area (TPSA) is 53.9 Å². The Kier molecular flexibility index (Phi) is 8.74. The highest BCUT2D eigenvalue weighted by atomic mass is 79.9. The number of hydrogen-bond donors (Lipinski definition) is 1. The van der Waals surface area contributed by atoms with Gasteiger partial charge in [-0.3, -0.25) is 9.69 Å². The summed E-state index contributed by atoms with van der Waals surface area (Å²) in [6.07, 6.45) is 3.29. The van der Waals surface area contributed by atoms with Gasteiger partial charge in [0, 0.05) is 27.5 Å². The molecule has 1 saturated heterocycles. The molecule has 1 fully saturated rings. The van der Waals surface area contributed by atoms with Crippen LogP contribution in [0.25, 0.3) is 0 Å². The molecule has 0 saturated carbocycles. The molecule has 1 N–H and O–H groups in total. The van der Waals surface area contributed by atoms with E-state index in [-0.39, 0.29) is 11.8 Å². The summed E-state index contributed by atoms with van der Waals surface area (Å²) in [6.45, 7) is 3.11. The molecule has 0 bridgehead atoms. The average molecular weight is 541 g/mol. The maximum absolute atomic E-state index is 12.6. The zero-order chi connectivity index (χ0) is 23.8. The lowest BCUT2D eigenvalue weighted by atomic mass is 9.96. The van der Waals surface area contributed by atoms with Gasteiger partial charge in [0.2, 0.25) is 5.91 Å². The van der Waals surface area contributed by atoms with Crippen molar-refractivity contribution in [3.8, 4) is 5.75 Å². The van der Waals surface area contributed by atoms with Crippen LogP contribution in [0, 0.1) is 5.92 Å². The van der Waals surface area contributed by atoms with Crippen LogP contribution in [-0.2, 0) is 17.9 Å². The molecule has 1 aliphatic rings. The number of benzene rings is 3. The molecule has 7 heteroatoms. The van der Waals surface area contributed by atoms with Crippen molar-refractivity contribution in [1.82, 2.24) is 10.3 Å². The van der Waals surface area contributed by atoms with Gasteiger partial charge in [0.15, 0.2) is 0 Å². The Labute approximate surface area is 213 Å². The Hall–Kier alpha value is -2.67. The van der Waals surface area contributed by atoms with Crippen molar-refractivity contribution in [3.63, 3.8) is 0 Å². The fourth-order valence-corrected chi connectivity index (χ4v) is 4.31. The van der Waals surface area contributed by atoms with Crippen LogP contribution in [-0.4, -0.2) is 30.1 Å². The molecule has 1 aliphatic heterocycles. The predicted molar refractivity (Wildman–Crippen MR) is 140 cm³/mol. The predicted octanol–water partition coefficient (Wildman–Crippen LogP) is 6.04. The van der Waals surface area contributed by atoms with E-state index in [0.717, 1.165) is 58.8 Å². The minimum Gasteiger partial charge on any atom is -0.488 e. The van der Waals surface area contributed by atoms with Gasteiger partial charge in [-0.15, -0.1) is 0 Å². The Morgan fingerprint density at radius 2 is 1.71 bits per heavy atom. The van der Waals surface area contributed by atoms with E-state index < -0.39 is 0 Å². The van der Waals surface area contributed by atoms with Gasteiger partial charge in [-0.2, -0.15) is 5.10 Å². The van der Waals surface area contributed by atoms with Gasteiger partial charge in [0.1, 0.15) is 12.4 Å². The van der Waals surface area contributed by atoms with E-state index in [1.807, 2.05) is 60.7 Å². The number of rotatable bonds is 8. The standard InChI is InChI=1S/C27H27BrClN3O2/c28-24-9-5-21(6-10-24)19-34-26-4-2-1-3-23(26)17-30-31-27(33)22-13-15-32(16-14-22)18-20-7-11-25(29)12-8-20/h1-12,17,22H,13-16,18-19H2,(H,31,33)/b30-17-. The van der Waals surface area contributed by atoms with Crippen molar-refractivity contribution in [1.29, 1.82) is 0 Å². The number of piperidine rings is 1. The summed E-state index contributed by atoms with van der Waals surface area (Å²) < 4.78 is 7.01. The molecule has 1 heterocycles. The van der Waals surface area contributed by atoms with Gasteiger partial charge >= 0.3 is 0 Å². The maximum atomic E-state index is 12.6. The monoisotopic (exact) mass is 539 g/mol. The minimum absolute atomic E-state index is 0.0254. The summed E-state index contributed by atoms with van der Waals surface area (Å²) in [6, 6.07) is 23.6. The summed E-state index contributed by atoms with van der Waals surface area (Å²) >= 11 is 9.41. The van der Waals surface area contributed by atoms with Crippen LogP contribution >= 0.6 is 27.5 Å². The molecule has 34 heavy (non-hydrogen) atoms. The van der Waals surface area contributed by atoms with Crippen molar-refractivity contribution in [2.75, 3.05) is 13.1 Å². The van der Waals surface area contributed by atoms with Crippen LogP contribution in [0.5, 0.6) is 5.75 Å². The van der Waals surface area contributed by atoms with Gasteiger partial charge in [-0.1, -0.05) is 63.9 Å². The number of carbonyl (C=O) groups is 1. The first-order valence-electron chi connectivity index (χ1n) is 11.3. The molecule has 176 valence electrons. The lowest BCUT2D eigenvalue weighted by Gasteiger charge is -2.30. The van der Waals surface area contributed by atoms with E-state index in [9.17, 15) is 4.79 Å². The quantitative estimate of drug-likeness (QED) is 0.280. The second kappa shape index (κ2) is 12.2. The number of nitrogens with zero attached hydrogens (tertiary/aromatic N) is 2. The minimum atomic E-state index is -0.0318. The molecule has 3 aromatic rings. The fraction of sp³-hybridized carbons (Fsp3) is 0.259. The summed E-state index contributed by atoms with van der Waals surface area (Å²) in [5.41, 5.74) is 5.84. The number of halogens is 2. The fourth-order valence-electron chi connectivity index (χ4n) is 3.92. The Balaban J connectivity index is 1.25. The number of hydrazone groups is 1. The molecule has 0 unspecified atom stereocenters. The van der Waals surface area contributed by atoms with Gasteiger partial charge < -0.3 is 4.74 Å². The largest absolute Gasteiger partial charge is 0.488 e. The smallest absolute Gasteiger partial charge is 0.243 e. The van der Waals surface area contributed by atoms with E-state index >= 15 is 0 Å². The third-order valence-electron chi connectivity index (χ3n) is 5.88. The second-order valence-corrected chi connectivity index (χ2v) is 9.72. The third kappa shape index (κ3) is 7.16. The number of likely N-dealkylation sites (tertiary alicyclic amines) is 1. The van der Waals surface area contributed by atoms with Crippen molar-refractivity contribution in [2.24, 2.45) is 11.0 Å². The van der Waals surface area contributed by atoms with Crippen LogP contribution in [0.15, 0.2) is 82.4 Å². The SMILES string of the molecule is O=C(N/N=C\c1ccccc1OCc1ccc(Br)cc1)C1CCN(Cc2ccc(Cl)cc2)CC1. The molecule has 0 aromatic heterocycles. The summed E-state index contributed by atoms with van der Waals surface area (Å²) in [7, 11) is 0. The van der Waals surface area contributed by atoms with Crippen LogP contribution in [0.1, 0.15) is 29.5 Å². The average Bonchev–Trinajstić information content (AvgIpc) is 2.86. The maximum Gasteiger partial charge on any atom is 0.243 e. The summed E-state index contributed by atoms with van der Waals surface area (Å²) in [5.74, 6) is 0.664. The first kappa shape index (κ1) is 24.5. The first-order valence-corrected chi connectivity index (χ1v) is 12.5. The Morgan fingerprint density at radius 3 is 2.44 bits per heavy atom. The van der Waals surface area contributed by atoms with E-state index in [1.165, 1.54) is 5.56 Å². The highest BCUT2D eigenvalue weighted by Gasteiger charge is 2.24. The number of carbonyl (C=O) groups excluding carboxylic acids is 1. The first-order chi connectivity index (χ1) is 16.6. The van der Waals surface area contributed by atoms with Gasteiger partial charge in [-0.25, -0.2) is 5.43 Å². The summed E-state index contributed by atoms with van der Waals surface area (Å²) in [5, 5.41) is 4.95. The molecule has 0 aliphatic carbocycles. The Morgan fingerprint density at radius 1 is 1.03 bits per heavy atom. The highest BCUT2D eigenvalue weighted by molar-refractivity contribution is 9.10. The number of amides is 1. The van der Waals surface area contributed by atoms with Crippen molar-refractivity contribution >= 4 is 39.7 Å². The lowest BCUT2D eigenvalue weighted by molar-refractivity contribution is -0.126. The molecule has 4 rings (SSSR count). The highest BCUT2D eigenvalue weighted by Crippen LogP contribution is 2.21. The number of para-hydroxylation sites is 1. The van der Waals surface area contributed by atoms with Crippen molar-refractivity contribution < 1.29 is 9.53 Å². The third-order valence-corrected chi connectivity index (χ3v) is 6.66. The lowest BCUT2D eigenvalue weighted by Crippen LogP contribution is -2.39. The van der Waals surface area contributed by atoms with Crippen LogP contribution in [0.2, 0.25) is 5.02 Å². The van der Waals surface area contributed by atoms with Crippen LogP contribution < -0.4 is 10.2 Å². The normalized spacial score (nSPS) is 14.9. The van der Waals surface area contributed by atoms with Gasteiger partial charge in [-0.05, 0) is 73.5 Å². The van der Waals surface area contributed by atoms with Crippen LogP contribution in [0.4, 0.5) is 0 Å². The zero-order valence-electron chi connectivity index (χ0n) is 18.8. The zero-order valence-corrected chi connectivity index (χ0v) is 21.1. The van der Waals surface area contributed by atoms with Crippen molar-refractivity contribution in [2.45, 2.75) is 26.0 Å².